The summed E-state index contributed by atoms with van der Waals surface area (Å²) in [6.45, 7) is 0. The third-order valence-corrected chi connectivity index (χ3v) is 5.94. The average molecular weight is 337 g/mol. The van der Waals surface area contributed by atoms with Gasteiger partial charge in [0, 0.05) is 0 Å². The Morgan fingerprint density at radius 2 is 1.90 bits per heavy atom. The highest BCUT2D eigenvalue weighted by atomic mass is 35.5. The Bertz CT molecular complexity index is 636. The number of benzene rings is 1. The normalized spacial score (nSPS) is 16.9. The van der Waals surface area contributed by atoms with Crippen molar-refractivity contribution in [3.05, 3.63) is 33.8 Å². The molecule has 0 radical (unpaired) electrons. The van der Waals surface area contributed by atoms with Gasteiger partial charge in [0.2, 0.25) is 0 Å². The number of sulfone groups is 1. The average Bonchev–Trinajstić information content (AvgIpc) is 3.00. The Morgan fingerprint density at radius 3 is 2.40 bits per heavy atom. The summed E-state index contributed by atoms with van der Waals surface area (Å²) in [5.74, 6) is -1.19. The molecule has 0 bridgehead atoms. The van der Waals surface area contributed by atoms with E-state index in [0.717, 1.165) is 0 Å². The van der Waals surface area contributed by atoms with Gasteiger partial charge in [-0.2, -0.15) is 0 Å². The fourth-order valence-corrected chi connectivity index (χ4v) is 4.70. The Labute approximate surface area is 127 Å². The smallest absolute Gasteiger partial charge is 0.303 e. The fourth-order valence-electron chi connectivity index (χ4n) is 2.27. The van der Waals surface area contributed by atoms with Crippen LogP contribution in [-0.2, 0) is 20.4 Å². The highest BCUT2D eigenvalue weighted by molar-refractivity contribution is 7.90. The van der Waals surface area contributed by atoms with E-state index in [-0.39, 0.29) is 17.9 Å². The van der Waals surface area contributed by atoms with Gasteiger partial charge in [-0.25, -0.2) is 8.42 Å². The van der Waals surface area contributed by atoms with Crippen molar-refractivity contribution in [1.29, 1.82) is 0 Å². The molecular formula is C13H14Cl2O4S. The minimum atomic E-state index is -3.37. The SMILES string of the molecule is O=C(O)CC1(CS(=O)(=O)Cc2ccc(Cl)c(Cl)c2)CC1. The van der Waals surface area contributed by atoms with Gasteiger partial charge in [0.25, 0.3) is 0 Å². The van der Waals surface area contributed by atoms with Crippen LogP contribution in [0.2, 0.25) is 10.0 Å². The standard InChI is InChI=1S/C13H14Cl2O4S/c14-10-2-1-9(5-11(10)15)7-20(18,19)8-13(3-4-13)6-12(16)17/h1-2,5H,3-4,6-8H2,(H,16,17). The van der Waals surface area contributed by atoms with Gasteiger partial charge >= 0.3 is 5.97 Å². The summed E-state index contributed by atoms with van der Waals surface area (Å²) < 4.78 is 24.3. The van der Waals surface area contributed by atoms with E-state index in [0.29, 0.717) is 28.5 Å². The molecule has 20 heavy (non-hydrogen) atoms. The molecule has 4 nitrogen and oxygen atoms in total. The maximum absolute atomic E-state index is 12.2. The zero-order chi connectivity index (χ0) is 15.0. The summed E-state index contributed by atoms with van der Waals surface area (Å²) in [7, 11) is -3.37. The van der Waals surface area contributed by atoms with Crippen LogP contribution in [0, 0.1) is 5.41 Å². The third-order valence-electron chi connectivity index (χ3n) is 3.38. The lowest BCUT2D eigenvalue weighted by Gasteiger charge is -2.13. The summed E-state index contributed by atoms with van der Waals surface area (Å²) >= 11 is 11.6. The highest BCUT2D eigenvalue weighted by Crippen LogP contribution is 2.50. The summed E-state index contributed by atoms with van der Waals surface area (Å²) in [4.78, 5) is 10.8. The topological polar surface area (TPSA) is 71.4 Å². The molecule has 0 spiro atoms. The molecule has 1 saturated carbocycles. The Kier molecular flexibility index (Phi) is 4.33. The largest absolute Gasteiger partial charge is 0.481 e. The molecule has 0 aromatic heterocycles. The first-order valence-corrected chi connectivity index (χ1v) is 8.65. The Morgan fingerprint density at radius 1 is 1.25 bits per heavy atom. The summed E-state index contributed by atoms with van der Waals surface area (Å²) in [5.41, 5.74) is -0.00789. The maximum atomic E-state index is 12.2. The van der Waals surface area contributed by atoms with Crippen LogP contribution >= 0.6 is 23.2 Å². The first-order valence-electron chi connectivity index (χ1n) is 6.08. The van der Waals surface area contributed by atoms with Crippen LogP contribution in [0.25, 0.3) is 0 Å². The molecule has 0 unspecified atom stereocenters. The monoisotopic (exact) mass is 336 g/mol. The summed E-state index contributed by atoms with van der Waals surface area (Å²) in [5, 5.41) is 9.50. The molecule has 1 aliphatic carbocycles. The Balaban J connectivity index is 2.08. The van der Waals surface area contributed by atoms with Crippen molar-refractivity contribution < 1.29 is 18.3 Å². The van der Waals surface area contributed by atoms with Gasteiger partial charge in [-0.05, 0) is 36.0 Å². The third kappa shape index (κ3) is 4.11. The molecule has 110 valence electrons. The number of aliphatic carboxylic acids is 1. The van der Waals surface area contributed by atoms with Crippen molar-refractivity contribution in [2.75, 3.05) is 5.75 Å². The van der Waals surface area contributed by atoms with Gasteiger partial charge in [0.1, 0.15) is 0 Å². The number of carboxylic acids is 1. The number of carbonyl (C=O) groups is 1. The van der Waals surface area contributed by atoms with E-state index >= 15 is 0 Å². The van der Waals surface area contributed by atoms with Crippen LogP contribution in [0.4, 0.5) is 0 Å². The predicted molar refractivity (Wildman–Crippen MR) is 77.9 cm³/mol. The summed E-state index contributed by atoms with van der Waals surface area (Å²) in [6.07, 6.45) is 1.22. The fraction of sp³-hybridized carbons (Fsp3) is 0.462. The van der Waals surface area contributed by atoms with E-state index < -0.39 is 21.2 Å². The molecule has 2 rings (SSSR count). The van der Waals surface area contributed by atoms with E-state index in [1.54, 1.807) is 12.1 Å². The second-order valence-corrected chi connectivity index (χ2v) is 8.23. The summed E-state index contributed by atoms with van der Waals surface area (Å²) in [6, 6.07) is 4.69. The predicted octanol–water partition coefficient (Wildman–Crippen LogP) is 3.16. The highest BCUT2D eigenvalue weighted by Gasteiger charge is 2.47. The minimum absolute atomic E-state index is 0.0897. The number of hydrogen-bond acceptors (Lipinski definition) is 3. The first kappa shape index (κ1) is 15.6. The van der Waals surface area contributed by atoms with E-state index in [1.165, 1.54) is 6.07 Å². The van der Waals surface area contributed by atoms with E-state index in [1.807, 2.05) is 0 Å². The van der Waals surface area contributed by atoms with Gasteiger partial charge < -0.3 is 5.11 Å². The van der Waals surface area contributed by atoms with E-state index in [9.17, 15) is 13.2 Å². The molecular weight excluding hydrogens is 323 g/mol. The molecule has 0 amide bonds. The van der Waals surface area contributed by atoms with Crippen LogP contribution in [0.15, 0.2) is 18.2 Å². The lowest BCUT2D eigenvalue weighted by atomic mass is 10.1. The lowest BCUT2D eigenvalue weighted by Crippen LogP contribution is -2.21. The van der Waals surface area contributed by atoms with E-state index in [2.05, 4.69) is 0 Å². The van der Waals surface area contributed by atoms with Crippen LogP contribution in [-0.4, -0.2) is 25.2 Å². The molecule has 1 aromatic carbocycles. The van der Waals surface area contributed by atoms with Crippen molar-refractivity contribution in [2.24, 2.45) is 5.41 Å². The number of halogens is 2. The zero-order valence-electron chi connectivity index (χ0n) is 10.6. The molecule has 0 heterocycles. The van der Waals surface area contributed by atoms with Gasteiger partial charge in [0.05, 0.1) is 28.0 Å². The second kappa shape index (κ2) is 5.54. The molecule has 1 aromatic rings. The molecule has 1 aliphatic rings. The molecule has 7 heteroatoms. The number of carboxylic acid groups (broad SMARTS) is 1. The van der Waals surface area contributed by atoms with Gasteiger partial charge in [-0.15, -0.1) is 0 Å². The molecule has 0 saturated heterocycles. The molecule has 1 fully saturated rings. The van der Waals surface area contributed by atoms with Gasteiger partial charge in [-0.1, -0.05) is 29.3 Å². The van der Waals surface area contributed by atoms with Gasteiger partial charge in [-0.3, -0.25) is 4.79 Å². The quantitative estimate of drug-likeness (QED) is 0.865. The zero-order valence-corrected chi connectivity index (χ0v) is 12.9. The maximum Gasteiger partial charge on any atom is 0.303 e. The van der Waals surface area contributed by atoms with Crippen molar-refractivity contribution in [2.45, 2.75) is 25.0 Å². The lowest BCUT2D eigenvalue weighted by molar-refractivity contribution is -0.138. The number of hydrogen-bond donors (Lipinski definition) is 1. The van der Waals surface area contributed by atoms with E-state index in [4.69, 9.17) is 28.3 Å². The van der Waals surface area contributed by atoms with Crippen molar-refractivity contribution in [3.63, 3.8) is 0 Å². The van der Waals surface area contributed by atoms with Crippen LogP contribution in [0.5, 0.6) is 0 Å². The van der Waals surface area contributed by atoms with Crippen molar-refractivity contribution >= 4 is 39.0 Å². The molecule has 0 atom stereocenters. The molecule has 0 aliphatic heterocycles. The van der Waals surface area contributed by atoms with Crippen LogP contribution in [0.1, 0.15) is 24.8 Å². The van der Waals surface area contributed by atoms with Crippen LogP contribution < -0.4 is 0 Å². The molecule has 1 N–H and O–H groups in total. The van der Waals surface area contributed by atoms with Crippen LogP contribution in [0.3, 0.4) is 0 Å². The van der Waals surface area contributed by atoms with Gasteiger partial charge in [0.15, 0.2) is 9.84 Å². The minimum Gasteiger partial charge on any atom is -0.481 e. The first-order chi connectivity index (χ1) is 9.21. The number of rotatable bonds is 6. The van der Waals surface area contributed by atoms with Crippen molar-refractivity contribution in [1.82, 2.24) is 0 Å². The second-order valence-electron chi connectivity index (χ2n) is 5.35. The van der Waals surface area contributed by atoms with Crippen molar-refractivity contribution in [3.8, 4) is 0 Å². The Hall–Kier alpha value is -0.780.